The fourth-order valence-electron chi connectivity index (χ4n) is 3.14. The van der Waals surface area contributed by atoms with E-state index in [-0.39, 0.29) is 0 Å². The lowest BCUT2D eigenvalue weighted by Gasteiger charge is -2.32. The zero-order chi connectivity index (χ0) is 19.8. The summed E-state index contributed by atoms with van der Waals surface area (Å²) in [5.41, 5.74) is 0. The molecule has 0 aliphatic carbocycles. The number of nitrogens with zero attached hydrogens (tertiary/aromatic N) is 2. The summed E-state index contributed by atoms with van der Waals surface area (Å²) >= 11 is 0. The van der Waals surface area contributed by atoms with Crippen molar-refractivity contribution in [2.75, 3.05) is 32.8 Å². The Morgan fingerprint density at radius 2 is 1.27 bits per heavy atom. The highest BCUT2D eigenvalue weighted by molar-refractivity contribution is 7.72. The Bertz CT molecular complexity index is 486. The Labute approximate surface area is 155 Å². The predicted octanol–water partition coefficient (Wildman–Crippen LogP) is 1.70. The third kappa shape index (κ3) is 7.30. The molecule has 1 heterocycles. The molecule has 11 heteroatoms. The average molecular weight is 416 g/mol. The molecular weight excluding hydrogens is 382 g/mol. The second-order valence-electron chi connectivity index (χ2n) is 7.15. The average Bonchev–Trinajstić information content (AvgIpc) is 2.95. The van der Waals surface area contributed by atoms with Gasteiger partial charge in [-0.25, -0.2) is 0 Å². The third-order valence-electron chi connectivity index (χ3n) is 4.83. The minimum atomic E-state index is -5.39. The van der Waals surface area contributed by atoms with Gasteiger partial charge >= 0.3 is 15.2 Å². The van der Waals surface area contributed by atoms with Gasteiger partial charge in [0.2, 0.25) is 0 Å². The van der Waals surface area contributed by atoms with Gasteiger partial charge in [-0.2, -0.15) is 0 Å². The van der Waals surface area contributed by atoms with E-state index in [1.165, 1.54) is 43.4 Å². The molecule has 1 aliphatic rings. The van der Waals surface area contributed by atoms with Gasteiger partial charge in [-0.15, -0.1) is 0 Å². The lowest BCUT2D eigenvalue weighted by molar-refractivity contribution is 0.0886. The monoisotopic (exact) mass is 416 g/mol. The lowest BCUT2D eigenvalue weighted by atomic mass is 10.1. The van der Waals surface area contributed by atoms with Crippen LogP contribution < -0.4 is 0 Å². The minimum absolute atomic E-state index is 0.332. The van der Waals surface area contributed by atoms with E-state index in [1.54, 1.807) is 0 Å². The smallest absolute Gasteiger partial charge is 0.367 e. The van der Waals surface area contributed by atoms with Crippen LogP contribution in [0.15, 0.2) is 0 Å². The van der Waals surface area contributed by atoms with Crippen molar-refractivity contribution in [3.63, 3.8) is 0 Å². The van der Waals surface area contributed by atoms with E-state index < -0.39 is 26.8 Å². The van der Waals surface area contributed by atoms with Gasteiger partial charge < -0.3 is 24.7 Å². The highest BCUT2D eigenvalue weighted by Gasteiger charge is 2.60. The van der Waals surface area contributed by atoms with Gasteiger partial charge in [-0.3, -0.25) is 18.9 Å². The minimum Gasteiger partial charge on any atom is -0.367 e. The molecule has 0 amide bonds. The first-order chi connectivity index (χ1) is 12.0. The second kappa shape index (κ2) is 10.6. The summed E-state index contributed by atoms with van der Waals surface area (Å²) < 4.78 is 22.8. The predicted molar refractivity (Wildman–Crippen MR) is 99.7 cm³/mol. The molecule has 0 saturated carbocycles. The van der Waals surface area contributed by atoms with Crippen LogP contribution in [0.5, 0.6) is 0 Å². The third-order valence-corrected chi connectivity index (χ3v) is 8.54. The molecule has 1 saturated heterocycles. The normalized spacial score (nSPS) is 17.9. The Morgan fingerprint density at radius 1 is 0.808 bits per heavy atom. The molecule has 9 nitrogen and oxygen atoms in total. The molecule has 0 atom stereocenters. The molecule has 0 aromatic heterocycles. The number of hydrogen-bond donors (Lipinski definition) is 5. The van der Waals surface area contributed by atoms with Gasteiger partial charge in [0.15, 0.2) is 0 Å². The molecule has 0 bridgehead atoms. The van der Waals surface area contributed by atoms with Crippen LogP contribution in [0.1, 0.15) is 58.3 Å². The van der Waals surface area contributed by atoms with Crippen molar-refractivity contribution in [1.82, 2.24) is 9.80 Å². The number of unbranched alkanes of at least 4 members (excludes halogenated alkanes) is 7. The molecule has 26 heavy (non-hydrogen) atoms. The largest absolute Gasteiger partial charge is 0.370 e. The number of hydrogen-bond acceptors (Lipinski definition) is 5. The second-order valence-corrected chi connectivity index (χ2v) is 11.2. The van der Waals surface area contributed by atoms with Gasteiger partial charge in [0.1, 0.15) is 0 Å². The first-order valence-corrected chi connectivity index (χ1v) is 12.5. The van der Waals surface area contributed by atoms with E-state index in [9.17, 15) is 33.8 Å². The summed E-state index contributed by atoms with van der Waals surface area (Å²) in [5, 5.41) is 6.63. The van der Waals surface area contributed by atoms with Crippen LogP contribution in [0.3, 0.4) is 0 Å². The fourth-order valence-corrected chi connectivity index (χ4v) is 5.27. The Hall–Kier alpha value is 0.180. The topological polar surface area (TPSA) is 142 Å². The molecule has 0 radical (unpaired) electrons. The summed E-state index contributed by atoms with van der Waals surface area (Å²) in [6, 6.07) is 0. The first-order valence-electron chi connectivity index (χ1n) is 9.29. The number of rotatable bonds is 13. The fraction of sp³-hybridized carbons (Fsp3) is 1.00. The maximum absolute atomic E-state index is 11.4. The lowest BCUT2D eigenvalue weighted by Crippen LogP contribution is -2.42. The van der Waals surface area contributed by atoms with Gasteiger partial charge in [0, 0.05) is 13.1 Å². The maximum Gasteiger partial charge on any atom is 0.370 e. The molecule has 0 spiro atoms. The van der Waals surface area contributed by atoms with E-state index in [4.69, 9.17) is 0 Å². The highest BCUT2D eigenvalue weighted by atomic mass is 31.2. The van der Waals surface area contributed by atoms with E-state index in [1.807, 2.05) is 0 Å². The molecular formula is C15H34N2O7P2. The Balaban J connectivity index is 2.33. The summed E-state index contributed by atoms with van der Waals surface area (Å²) in [6.45, 7) is 3.65. The molecule has 0 aromatic rings. The zero-order valence-electron chi connectivity index (χ0n) is 15.5. The van der Waals surface area contributed by atoms with Crippen molar-refractivity contribution in [2.24, 2.45) is 0 Å². The van der Waals surface area contributed by atoms with Gasteiger partial charge in [0.25, 0.3) is 5.08 Å². The molecule has 1 rings (SSSR count). The molecule has 5 N–H and O–H groups in total. The van der Waals surface area contributed by atoms with E-state index >= 15 is 0 Å². The summed E-state index contributed by atoms with van der Waals surface area (Å²) in [4.78, 5) is 40.4. The van der Waals surface area contributed by atoms with Gasteiger partial charge in [0.05, 0.1) is 13.2 Å². The zero-order valence-corrected chi connectivity index (χ0v) is 17.3. The quantitative estimate of drug-likeness (QED) is 0.224. The van der Waals surface area contributed by atoms with Crippen LogP contribution in [-0.4, -0.2) is 72.4 Å². The van der Waals surface area contributed by atoms with Crippen molar-refractivity contribution in [2.45, 2.75) is 63.4 Å². The number of aliphatic hydroxyl groups is 1. The maximum atomic E-state index is 11.4. The first kappa shape index (κ1) is 24.2. The van der Waals surface area contributed by atoms with Crippen LogP contribution >= 0.6 is 15.2 Å². The van der Waals surface area contributed by atoms with Crippen LogP contribution in [0.4, 0.5) is 0 Å². The van der Waals surface area contributed by atoms with Crippen LogP contribution in [0.2, 0.25) is 0 Å². The van der Waals surface area contributed by atoms with Crippen molar-refractivity contribution in [3.8, 4) is 0 Å². The van der Waals surface area contributed by atoms with Crippen LogP contribution in [0, 0.1) is 0 Å². The Morgan fingerprint density at radius 3 is 1.77 bits per heavy atom. The van der Waals surface area contributed by atoms with Gasteiger partial charge in [-0.05, 0) is 13.0 Å². The summed E-state index contributed by atoms with van der Waals surface area (Å²) in [7, 11) is -10.8. The van der Waals surface area contributed by atoms with Crippen molar-refractivity contribution >= 4 is 15.2 Å². The molecule has 1 aliphatic heterocycles. The highest BCUT2D eigenvalue weighted by Crippen LogP contribution is 2.67. The van der Waals surface area contributed by atoms with Crippen molar-refractivity contribution < 1.29 is 33.8 Å². The summed E-state index contributed by atoms with van der Waals surface area (Å²) in [5.74, 6) is 0. The van der Waals surface area contributed by atoms with E-state index in [0.717, 1.165) is 19.4 Å². The van der Waals surface area contributed by atoms with E-state index in [2.05, 4.69) is 11.8 Å². The van der Waals surface area contributed by atoms with E-state index in [0.29, 0.717) is 19.8 Å². The molecule has 156 valence electrons. The standard InChI is InChI=1S/C15H34N2O7P2/c1-2-3-4-5-6-7-8-9-10-16-11-12-17(14-16)13-15(18,25(19,20)21)26(22,23)24/h18H,2-14H2,1H3,(H2,19,20,21)(H2,22,23,24). The molecule has 0 aromatic carbocycles. The summed E-state index contributed by atoms with van der Waals surface area (Å²) in [6.07, 6.45) is 9.67. The SMILES string of the molecule is CCCCCCCCCCN1CCN(CC(O)(P(=O)(O)O)P(=O)(O)O)C1. The van der Waals surface area contributed by atoms with Crippen molar-refractivity contribution in [1.29, 1.82) is 0 Å². The molecule has 0 unspecified atom stereocenters. The van der Waals surface area contributed by atoms with Gasteiger partial charge in [-0.1, -0.05) is 51.9 Å². The van der Waals surface area contributed by atoms with Crippen LogP contribution in [0.25, 0.3) is 0 Å². The molecule has 1 fully saturated rings. The Kier molecular flexibility index (Phi) is 9.92. The van der Waals surface area contributed by atoms with Crippen molar-refractivity contribution in [3.05, 3.63) is 0 Å². The number of β-amino-alcohol motifs (C(OH)–C–C–N with tert-alkyl or cyclic N) is 1. The van der Waals surface area contributed by atoms with Crippen LogP contribution in [-0.2, 0) is 9.13 Å².